The molecule has 0 bridgehead atoms. The number of amides is 2. The van der Waals surface area contributed by atoms with Crippen molar-refractivity contribution in [3.8, 4) is 0 Å². The van der Waals surface area contributed by atoms with Crippen LogP contribution in [0.15, 0.2) is 53.1 Å². The van der Waals surface area contributed by atoms with Crippen LogP contribution >= 0.6 is 11.3 Å². The van der Waals surface area contributed by atoms with Crippen molar-refractivity contribution >= 4 is 33.8 Å². The van der Waals surface area contributed by atoms with Crippen LogP contribution in [-0.4, -0.2) is 11.8 Å². The molecule has 138 valence electrons. The summed E-state index contributed by atoms with van der Waals surface area (Å²) in [4.78, 5) is 26.7. The summed E-state index contributed by atoms with van der Waals surface area (Å²) in [5.74, 6) is -0.298. The maximum absolute atomic E-state index is 13.1. The molecular formula is C21H20N2O3S. The summed E-state index contributed by atoms with van der Waals surface area (Å²) in [6.45, 7) is 0. The normalized spacial score (nSPS) is 13.5. The molecule has 0 fully saturated rings. The van der Waals surface area contributed by atoms with E-state index in [9.17, 15) is 9.59 Å². The number of para-hydroxylation sites is 1. The molecule has 0 atom stereocenters. The van der Waals surface area contributed by atoms with E-state index in [0.717, 1.165) is 43.4 Å². The van der Waals surface area contributed by atoms with Crippen LogP contribution in [0.4, 0.5) is 10.7 Å². The van der Waals surface area contributed by atoms with E-state index in [1.54, 1.807) is 12.1 Å². The molecule has 1 aliphatic carbocycles. The number of carbonyl (C=O) groups is 2. The lowest BCUT2D eigenvalue weighted by Crippen LogP contribution is -2.17. The fourth-order valence-corrected chi connectivity index (χ4v) is 4.64. The molecule has 2 amide bonds. The van der Waals surface area contributed by atoms with Crippen molar-refractivity contribution in [1.82, 2.24) is 0 Å². The monoisotopic (exact) mass is 380 g/mol. The second-order valence-electron chi connectivity index (χ2n) is 6.52. The third-order valence-corrected chi connectivity index (χ3v) is 5.86. The lowest BCUT2D eigenvalue weighted by molar-refractivity contribution is 0.0997. The summed E-state index contributed by atoms with van der Waals surface area (Å²) in [6, 6.07) is 12.6. The van der Waals surface area contributed by atoms with Gasteiger partial charge in [0.2, 0.25) is 0 Å². The smallest absolute Gasteiger partial charge is 0.291 e. The number of furan rings is 1. The van der Waals surface area contributed by atoms with Gasteiger partial charge in [-0.1, -0.05) is 24.6 Å². The second-order valence-corrected chi connectivity index (χ2v) is 7.63. The van der Waals surface area contributed by atoms with Gasteiger partial charge < -0.3 is 15.1 Å². The van der Waals surface area contributed by atoms with Crippen molar-refractivity contribution in [3.63, 3.8) is 0 Å². The van der Waals surface area contributed by atoms with Crippen molar-refractivity contribution in [1.29, 1.82) is 0 Å². The number of anilines is 2. The van der Waals surface area contributed by atoms with E-state index in [2.05, 4.69) is 10.6 Å². The van der Waals surface area contributed by atoms with Gasteiger partial charge in [-0.25, -0.2) is 0 Å². The van der Waals surface area contributed by atoms with Crippen LogP contribution in [0.3, 0.4) is 0 Å². The van der Waals surface area contributed by atoms with E-state index in [-0.39, 0.29) is 17.6 Å². The highest BCUT2D eigenvalue weighted by atomic mass is 32.1. The fraction of sp³-hybridized carbons (Fsp3) is 0.238. The molecule has 0 aliphatic heterocycles. The first-order valence-corrected chi connectivity index (χ1v) is 9.90. The number of thiophene rings is 1. The first kappa shape index (κ1) is 17.5. The van der Waals surface area contributed by atoms with Crippen LogP contribution in [0.25, 0.3) is 0 Å². The number of nitrogens with one attached hydrogen (secondary N) is 2. The third kappa shape index (κ3) is 3.80. The Hall–Kier alpha value is -2.86. The van der Waals surface area contributed by atoms with E-state index >= 15 is 0 Å². The maximum atomic E-state index is 13.1. The lowest BCUT2D eigenvalue weighted by atomic mass is 10.0. The molecule has 3 aromatic rings. The Bertz CT molecular complexity index is 945. The van der Waals surface area contributed by atoms with Crippen LogP contribution in [-0.2, 0) is 12.8 Å². The highest BCUT2D eigenvalue weighted by Gasteiger charge is 2.26. The Morgan fingerprint density at radius 1 is 0.889 bits per heavy atom. The van der Waals surface area contributed by atoms with Gasteiger partial charge in [-0.05, 0) is 55.5 Å². The Labute approximate surface area is 161 Å². The molecule has 2 aromatic heterocycles. The maximum Gasteiger partial charge on any atom is 0.291 e. The average molecular weight is 380 g/mol. The fourth-order valence-electron chi connectivity index (χ4n) is 3.36. The Kier molecular flexibility index (Phi) is 5.07. The van der Waals surface area contributed by atoms with Crippen molar-refractivity contribution in [2.75, 3.05) is 10.6 Å². The predicted octanol–water partition coefficient (Wildman–Crippen LogP) is 5.11. The van der Waals surface area contributed by atoms with Gasteiger partial charge in [0.1, 0.15) is 5.00 Å². The van der Waals surface area contributed by atoms with E-state index in [1.165, 1.54) is 22.5 Å². The molecule has 27 heavy (non-hydrogen) atoms. The van der Waals surface area contributed by atoms with Crippen LogP contribution in [0.2, 0.25) is 0 Å². The topological polar surface area (TPSA) is 71.3 Å². The van der Waals surface area contributed by atoms with Gasteiger partial charge in [0.05, 0.1) is 11.8 Å². The van der Waals surface area contributed by atoms with Crippen molar-refractivity contribution in [2.24, 2.45) is 0 Å². The molecule has 1 aromatic carbocycles. The minimum atomic E-state index is -0.342. The largest absolute Gasteiger partial charge is 0.459 e. The van der Waals surface area contributed by atoms with Crippen LogP contribution < -0.4 is 10.6 Å². The van der Waals surface area contributed by atoms with Gasteiger partial charge in [-0.2, -0.15) is 0 Å². The highest BCUT2D eigenvalue weighted by Crippen LogP contribution is 2.38. The summed E-state index contributed by atoms with van der Waals surface area (Å²) < 4.78 is 5.18. The minimum absolute atomic E-state index is 0.185. The van der Waals surface area contributed by atoms with Crippen molar-refractivity contribution in [2.45, 2.75) is 32.1 Å². The quantitative estimate of drug-likeness (QED) is 0.618. The summed E-state index contributed by atoms with van der Waals surface area (Å²) >= 11 is 1.51. The molecular weight excluding hydrogens is 360 g/mol. The molecule has 0 saturated carbocycles. The molecule has 6 heteroatoms. The lowest BCUT2D eigenvalue weighted by Gasteiger charge is -2.09. The molecule has 4 rings (SSSR count). The SMILES string of the molecule is O=C(Nc1sc2c(c1C(=O)Nc1ccccc1)CCCCC2)c1ccco1. The number of aryl methyl sites for hydroxylation is 1. The summed E-state index contributed by atoms with van der Waals surface area (Å²) in [6.07, 6.45) is 6.60. The molecule has 0 radical (unpaired) electrons. The zero-order chi connectivity index (χ0) is 18.6. The van der Waals surface area contributed by atoms with Gasteiger partial charge >= 0.3 is 0 Å². The molecule has 2 N–H and O–H groups in total. The number of rotatable bonds is 4. The number of hydrogen-bond donors (Lipinski definition) is 2. The number of benzene rings is 1. The molecule has 2 heterocycles. The van der Waals surface area contributed by atoms with Crippen LogP contribution in [0, 0.1) is 0 Å². The summed E-state index contributed by atoms with van der Waals surface area (Å²) in [5, 5.41) is 6.43. The van der Waals surface area contributed by atoms with Crippen molar-refractivity contribution < 1.29 is 14.0 Å². The minimum Gasteiger partial charge on any atom is -0.459 e. The third-order valence-electron chi connectivity index (χ3n) is 4.65. The molecule has 1 aliphatic rings. The van der Waals surface area contributed by atoms with Gasteiger partial charge in [-0.15, -0.1) is 11.3 Å². The van der Waals surface area contributed by atoms with Crippen LogP contribution in [0.5, 0.6) is 0 Å². The number of carbonyl (C=O) groups excluding carboxylic acids is 2. The number of hydrogen-bond acceptors (Lipinski definition) is 4. The molecule has 0 unspecified atom stereocenters. The van der Waals surface area contributed by atoms with E-state index in [1.807, 2.05) is 30.3 Å². The van der Waals surface area contributed by atoms with E-state index < -0.39 is 0 Å². The zero-order valence-electron chi connectivity index (χ0n) is 14.8. The number of fused-ring (bicyclic) bond motifs is 1. The first-order valence-electron chi connectivity index (χ1n) is 9.08. The van der Waals surface area contributed by atoms with Crippen molar-refractivity contribution in [3.05, 3.63) is 70.5 Å². The predicted molar refractivity (Wildman–Crippen MR) is 107 cm³/mol. The van der Waals surface area contributed by atoms with Crippen LogP contribution in [0.1, 0.15) is 50.6 Å². The summed E-state index contributed by atoms with van der Waals surface area (Å²) in [5.41, 5.74) is 2.39. The first-order chi connectivity index (χ1) is 13.2. The Morgan fingerprint density at radius 3 is 2.48 bits per heavy atom. The molecule has 5 nitrogen and oxygen atoms in total. The van der Waals surface area contributed by atoms with Gasteiger partial charge in [0, 0.05) is 10.6 Å². The highest BCUT2D eigenvalue weighted by molar-refractivity contribution is 7.17. The zero-order valence-corrected chi connectivity index (χ0v) is 15.6. The molecule has 0 spiro atoms. The summed E-state index contributed by atoms with van der Waals surface area (Å²) in [7, 11) is 0. The standard InChI is InChI=1S/C21H20N2O3S/c24-19(16-11-7-13-26-16)23-21-18(15-10-5-2-6-12-17(15)27-21)20(25)22-14-8-3-1-4-9-14/h1,3-4,7-9,11,13H,2,5-6,10,12H2,(H,22,25)(H,23,24). The second kappa shape index (κ2) is 7.80. The Morgan fingerprint density at radius 2 is 1.70 bits per heavy atom. The van der Waals surface area contributed by atoms with E-state index in [4.69, 9.17) is 4.42 Å². The Balaban J connectivity index is 1.67. The molecule has 0 saturated heterocycles. The van der Waals surface area contributed by atoms with Gasteiger partial charge in [0.15, 0.2) is 5.76 Å². The van der Waals surface area contributed by atoms with Gasteiger partial charge in [0.25, 0.3) is 11.8 Å². The average Bonchev–Trinajstić information content (AvgIpc) is 3.26. The van der Waals surface area contributed by atoms with Gasteiger partial charge in [-0.3, -0.25) is 9.59 Å². The van der Waals surface area contributed by atoms with E-state index in [0.29, 0.717) is 10.6 Å².